The lowest BCUT2D eigenvalue weighted by molar-refractivity contribution is 0.299. The first kappa shape index (κ1) is 11.1. The second kappa shape index (κ2) is 3.58. The van der Waals surface area contributed by atoms with Crippen molar-refractivity contribution in [3.63, 3.8) is 0 Å². The Kier molecular flexibility index (Phi) is 2.49. The van der Waals surface area contributed by atoms with E-state index in [4.69, 9.17) is 0 Å². The predicted molar refractivity (Wildman–Crippen MR) is 64.5 cm³/mol. The summed E-state index contributed by atoms with van der Waals surface area (Å²) in [6.45, 7) is 8.35. The van der Waals surface area contributed by atoms with Crippen LogP contribution in [-0.4, -0.2) is 5.84 Å². The second-order valence-electron chi connectivity index (χ2n) is 5.34. The number of fused-ring (bicyclic) bond motifs is 1. The monoisotopic (exact) mass is 220 g/mol. The van der Waals surface area contributed by atoms with Gasteiger partial charge in [-0.1, -0.05) is 20.8 Å². The van der Waals surface area contributed by atoms with Crippen molar-refractivity contribution >= 4 is 11.5 Å². The van der Waals surface area contributed by atoms with Crippen LogP contribution < -0.4 is 5.32 Å². The highest BCUT2D eigenvalue weighted by molar-refractivity contribution is 5.85. The Labute approximate surface area is 95.6 Å². The van der Waals surface area contributed by atoms with Crippen LogP contribution in [0.1, 0.15) is 39.3 Å². The minimum atomic E-state index is -0.204. The van der Waals surface area contributed by atoms with Crippen LogP contribution in [0.25, 0.3) is 0 Å². The highest BCUT2D eigenvalue weighted by Crippen LogP contribution is 2.40. The number of hydrogen-bond donors (Lipinski definition) is 1. The SMILES string of the molecule is CC1=Nc2ccc(F)cc2C(C(C)(C)C)N1. The Morgan fingerprint density at radius 1 is 1.31 bits per heavy atom. The molecule has 0 spiro atoms. The number of halogens is 1. The van der Waals surface area contributed by atoms with Crippen LogP contribution >= 0.6 is 0 Å². The number of nitrogens with one attached hydrogen (secondary N) is 1. The molecule has 86 valence electrons. The van der Waals surface area contributed by atoms with Gasteiger partial charge in [-0.2, -0.15) is 0 Å². The summed E-state index contributed by atoms with van der Waals surface area (Å²) < 4.78 is 13.3. The van der Waals surface area contributed by atoms with Crippen molar-refractivity contribution < 1.29 is 4.39 Å². The van der Waals surface area contributed by atoms with E-state index in [0.717, 1.165) is 17.1 Å². The van der Waals surface area contributed by atoms with Gasteiger partial charge in [0.1, 0.15) is 5.82 Å². The second-order valence-corrected chi connectivity index (χ2v) is 5.34. The van der Waals surface area contributed by atoms with Gasteiger partial charge in [0.2, 0.25) is 0 Å². The molecule has 0 aliphatic carbocycles. The molecule has 1 aromatic rings. The molecular weight excluding hydrogens is 203 g/mol. The molecule has 2 rings (SSSR count). The van der Waals surface area contributed by atoms with Gasteiger partial charge in [-0.15, -0.1) is 0 Å². The first-order valence-electron chi connectivity index (χ1n) is 5.49. The zero-order valence-electron chi connectivity index (χ0n) is 10.1. The summed E-state index contributed by atoms with van der Waals surface area (Å²) in [5, 5.41) is 3.32. The number of hydrogen-bond acceptors (Lipinski definition) is 2. The largest absolute Gasteiger partial charge is 0.366 e. The highest BCUT2D eigenvalue weighted by Gasteiger charge is 2.31. The molecule has 0 saturated carbocycles. The summed E-state index contributed by atoms with van der Waals surface area (Å²) in [7, 11) is 0. The van der Waals surface area contributed by atoms with E-state index in [9.17, 15) is 4.39 Å². The van der Waals surface area contributed by atoms with E-state index in [1.807, 2.05) is 6.92 Å². The van der Waals surface area contributed by atoms with Crippen LogP contribution in [-0.2, 0) is 0 Å². The van der Waals surface area contributed by atoms with Crippen LogP contribution in [0.3, 0.4) is 0 Å². The van der Waals surface area contributed by atoms with Crippen LogP contribution in [0.2, 0.25) is 0 Å². The third-order valence-electron chi connectivity index (χ3n) is 2.81. The molecule has 0 radical (unpaired) electrons. The molecule has 0 aromatic heterocycles. The zero-order chi connectivity index (χ0) is 11.9. The third kappa shape index (κ3) is 1.94. The smallest absolute Gasteiger partial charge is 0.123 e. The Morgan fingerprint density at radius 2 is 2.00 bits per heavy atom. The van der Waals surface area contributed by atoms with Crippen molar-refractivity contribution in [2.45, 2.75) is 33.7 Å². The van der Waals surface area contributed by atoms with E-state index in [-0.39, 0.29) is 17.3 Å². The van der Waals surface area contributed by atoms with E-state index in [1.54, 1.807) is 12.1 Å². The highest BCUT2D eigenvalue weighted by atomic mass is 19.1. The minimum absolute atomic E-state index is 0.0275. The summed E-state index contributed by atoms with van der Waals surface area (Å²) >= 11 is 0. The van der Waals surface area contributed by atoms with Crippen LogP contribution in [0.5, 0.6) is 0 Å². The van der Waals surface area contributed by atoms with E-state index >= 15 is 0 Å². The average molecular weight is 220 g/mol. The van der Waals surface area contributed by atoms with Gasteiger partial charge in [0.05, 0.1) is 17.6 Å². The first-order chi connectivity index (χ1) is 7.38. The molecular formula is C13H17FN2. The summed E-state index contributed by atoms with van der Waals surface area (Å²) in [6.07, 6.45) is 0. The van der Waals surface area contributed by atoms with Crippen molar-refractivity contribution in [1.29, 1.82) is 0 Å². The number of nitrogens with zero attached hydrogens (tertiary/aromatic N) is 1. The summed E-state index contributed by atoms with van der Waals surface area (Å²) in [4.78, 5) is 4.39. The standard InChI is InChI=1S/C13H17FN2/c1-8-15-11-6-5-9(14)7-10(11)12(16-8)13(2,3)4/h5-7,12H,1-4H3,(H,15,16). The molecule has 1 aromatic carbocycles. The van der Waals surface area contributed by atoms with Gasteiger partial charge < -0.3 is 5.32 Å². The molecule has 0 saturated heterocycles. The molecule has 1 aliphatic rings. The maximum Gasteiger partial charge on any atom is 0.123 e. The van der Waals surface area contributed by atoms with Crippen molar-refractivity contribution in [1.82, 2.24) is 5.32 Å². The minimum Gasteiger partial charge on any atom is -0.366 e. The van der Waals surface area contributed by atoms with Gasteiger partial charge in [-0.3, -0.25) is 0 Å². The van der Waals surface area contributed by atoms with E-state index < -0.39 is 0 Å². The van der Waals surface area contributed by atoms with Gasteiger partial charge in [0, 0.05) is 5.56 Å². The lowest BCUT2D eigenvalue weighted by Gasteiger charge is -2.35. The first-order valence-corrected chi connectivity index (χ1v) is 5.49. The fourth-order valence-electron chi connectivity index (χ4n) is 2.04. The Hall–Kier alpha value is -1.38. The zero-order valence-corrected chi connectivity index (χ0v) is 10.1. The van der Waals surface area contributed by atoms with Gasteiger partial charge in [-0.25, -0.2) is 9.38 Å². The topological polar surface area (TPSA) is 24.4 Å². The number of amidine groups is 1. The Balaban J connectivity index is 2.55. The number of aliphatic imine (C=N–C) groups is 1. The molecule has 0 bridgehead atoms. The molecule has 1 heterocycles. The van der Waals surface area contributed by atoms with Crippen LogP contribution in [0, 0.1) is 11.2 Å². The quantitative estimate of drug-likeness (QED) is 0.710. The molecule has 16 heavy (non-hydrogen) atoms. The molecule has 0 amide bonds. The Bertz CT molecular complexity index is 444. The fourth-order valence-corrected chi connectivity index (χ4v) is 2.04. The van der Waals surface area contributed by atoms with Crippen molar-refractivity contribution in [2.24, 2.45) is 10.4 Å². The molecule has 1 aliphatic heterocycles. The molecule has 0 fully saturated rings. The molecule has 1 atom stereocenters. The van der Waals surface area contributed by atoms with Crippen LogP contribution in [0.4, 0.5) is 10.1 Å². The lowest BCUT2D eigenvalue weighted by atomic mass is 9.81. The van der Waals surface area contributed by atoms with E-state index in [0.29, 0.717) is 0 Å². The molecule has 3 heteroatoms. The normalized spacial score (nSPS) is 19.8. The van der Waals surface area contributed by atoms with Crippen molar-refractivity contribution in [2.75, 3.05) is 0 Å². The summed E-state index contributed by atoms with van der Waals surface area (Å²) in [5.74, 6) is 0.684. The van der Waals surface area contributed by atoms with Gasteiger partial charge in [-0.05, 0) is 30.5 Å². The summed E-state index contributed by atoms with van der Waals surface area (Å²) in [5.41, 5.74) is 1.84. The maximum absolute atomic E-state index is 13.3. The fraction of sp³-hybridized carbons (Fsp3) is 0.462. The van der Waals surface area contributed by atoms with Gasteiger partial charge in [0.15, 0.2) is 0 Å². The van der Waals surface area contributed by atoms with E-state index in [1.165, 1.54) is 6.07 Å². The van der Waals surface area contributed by atoms with Crippen molar-refractivity contribution in [3.05, 3.63) is 29.6 Å². The van der Waals surface area contributed by atoms with Crippen molar-refractivity contribution in [3.8, 4) is 0 Å². The maximum atomic E-state index is 13.3. The number of rotatable bonds is 0. The van der Waals surface area contributed by atoms with Gasteiger partial charge >= 0.3 is 0 Å². The number of benzene rings is 1. The average Bonchev–Trinajstić information content (AvgIpc) is 2.16. The predicted octanol–water partition coefficient (Wildman–Crippen LogP) is 3.57. The van der Waals surface area contributed by atoms with Gasteiger partial charge in [0.25, 0.3) is 0 Å². The van der Waals surface area contributed by atoms with E-state index in [2.05, 4.69) is 31.1 Å². The third-order valence-corrected chi connectivity index (χ3v) is 2.81. The summed E-state index contributed by atoms with van der Waals surface area (Å²) in [6, 6.07) is 4.89. The Morgan fingerprint density at radius 3 is 2.62 bits per heavy atom. The molecule has 2 nitrogen and oxygen atoms in total. The molecule has 1 unspecified atom stereocenters. The van der Waals surface area contributed by atoms with Crippen LogP contribution in [0.15, 0.2) is 23.2 Å². The lowest BCUT2D eigenvalue weighted by Crippen LogP contribution is -2.37. The molecule has 1 N–H and O–H groups in total.